The fourth-order valence-corrected chi connectivity index (χ4v) is 1.70. The van der Waals surface area contributed by atoms with Crippen molar-refractivity contribution in [1.29, 1.82) is 0 Å². The van der Waals surface area contributed by atoms with Crippen molar-refractivity contribution < 1.29 is 22.7 Å². The van der Waals surface area contributed by atoms with Crippen LogP contribution in [0.1, 0.15) is 11.1 Å². The third kappa shape index (κ3) is 3.49. The van der Waals surface area contributed by atoms with Gasteiger partial charge in [-0.3, -0.25) is 0 Å². The summed E-state index contributed by atoms with van der Waals surface area (Å²) in [4.78, 5) is 4.33. The molecule has 0 radical (unpaired) electrons. The van der Waals surface area contributed by atoms with E-state index in [1.807, 2.05) is 0 Å². The summed E-state index contributed by atoms with van der Waals surface area (Å²) in [6, 6.07) is 2.22. The molecule has 0 amide bonds. The Balaban J connectivity index is 3.25. The van der Waals surface area contributed by atoms with Crippen LogP contribution in [-0.2, 0) is 17.4 Å². The molecule has 17 heavy (non-hydrogen) atoms. The second kappa shape index (κ2) is 5.57. The van der Waals surface area contributed by atoms with Gasteiger partial charge in [-0.05, 0) is 17.7 Å². The van der Waals surface area contributed by atoms with E-state index in [0.717, 1.165) is 6.07 Å². The SMILES string of the molecule is COc1c(CCON)cc(Cl)cc1C(F)(F)F. The van der Waals surface area contributed by atoms with Crippen molar-refractivity contribution >= 4 is 11.6 Å². The van der Waals surface area contributed by atoms with Crippen LogP contribution in [-0.4, -0.2) is 13.7 Å². The van der Waals surface area contributed by atoms with E-state index in [4.69, 9.17) is 22.2 Å². The average molecular weight is 270 g/mol. The highest BCUT2D eigenvalue weighted by Gasteiger charge is 2.35. The summed E-state index contributed by atoms with van der Waals surface area (Å²) in [7, 11) is 1.17. The lowest BCUT2D eigenvalue weighted by Crippen LogP contribution is -2.11. The number of nitrogens with two attached hydrogens (primary N) is 1. The van der Waals surface area contributed by atoms with Gasteiger partial charge in [0.1, 0.15) is 5.75 Å². The zero-order valence-corrected chi connectivity index (χ0v) is 9.73. The Hall–Kier alpha value is -0.980. The molecule has 0 saturated heterocycles. The van der Waals surface area contributed by atoms with E-state index in [-0.39, 0.29) is 23.8 Å². The first-order valence-electron chi connectivity index (χ1n) is 4.65. The number of halogens is 4. The minimum atomic E-state index is -4.52. The molecule has 0 heterocycles. The third-order valence-electron chi connectivity index (χ3n) is 2.13. The van der Waals surface area contributed by atoms with Crippen molar-refractivity contribution in [3.8, 4) is 5.75 Å². The first kappa shape index (κ1) is 14.1. The Morgan fingerprint density at radius 1 is 1.35 bits per heavy atom. The van der Waals surface area contributed by atoms with Gasteiger partial charge in [0.15, 0.2) is 0 Å². The second-order valence-corrected chi connectivity index (χ2v) is 3.70. The van der Waals surface area contributed by atoms with Gasteiger partial charge in [0, 0.05) is 11.4 Å². The van der Waals surface area contributed by atoms with E-state index in [9.17, 15) is 13.2 Å². The van der Waals surface area contributed by atoms with Crippen molar-refractivity contribution in [1.82, 2.24) is 0 Å². The maximum absolute atomic E-state index is 12.7. The Morgan fingerprint density at radius 3 is 2.47 bits per heavy atom. The zero-order chi connectivity index (χ0) is 13.1. The molecular weight excluding hydrogens is 259 g/mol. The van der Waals surface area contributed by atoms with Crippen LogP contribution in [0.3, 0.4) is 0 Å². The molecule has 0 aromatic heterocycles. The van der Waals surface area contributed by atoms with E-state index < -0.39 is 11.7 Å². The molecule has 0 unspecified atom stereocenters. The van der Waals surface area contributed by atoms with Crippen molar-refractivity contribution in [3.05, 3.63) is 28.3 Å². The lowest BCUT2D eigenvalue weighted by Gasteiger charge is -2.16. The summed E-state index contributed by atoms with van der Waals surface area (Å²) in [5.74, 6) is 4.58. The number of hydrogen-bond acceptors (Lipinski definition) is 3. The predicted molar refractivity (Wildman–Crippen MR) is 56.8 cm³/mol. The highest BCUT2D eigenvalue weighted by molar-refractivity contribution is 6.30. The van der Waals surface area contributed by atoms with E-state index in [1.54, 1.807) is 0 Å². The van der Waals surface area contributed by atoms with Gasteiger partial charge in [0.25, 0.3) is 0 Å². The summed E-state index contributed by atoms with van der Waals surface area (Å²) in [5, 5.41) is -0.00912. The maximum atomic E-state index is 12.7. The number of alkyl halides is 3. The fourth-order valence-electron chi connectivity index (χ4n) is 1.46. The summed E-state index contributed by atoms with van der Waals surface area (Å²) in [6.45, 7) is 0.0774. The van der Waals surface area contributed by atoms with Crippen LogP contribution < -0.4 is 10.6 Å². The molecule has 0 aliphatic rings. The fraction of sp³-hybridized carbons (Fsp3) is 0.400. The molecule has 7 heteroatoms. The molecule has 1 aromatic rings. The maximum Gasteiger partial charge on any atom is 0.420 e. The van der Waals surface area contributed by atoms with Gasteiger partial charge in [0.2, 0.25) is 0 Å². The molecule has 0 aliphatic carbocycles. The number of benzene rings is 1. The lowest BCUT2D eigenvalue weighted by atomic mass is 10.1. The molecule has 0 spiro atoms. The van der Waals surface area contributed by atoms with Gasteiger partial charge >= 0.3 is 6.18 Å². The van der Waals surface area contributed by atoms with Gasteiger partial charge < -0.3 is 9.57 Å². The molecule has 3 nitrogen and oxygen atoms in total. The number of methoxy groups -OCH3 is 1. The second-order valence-electron chi connectivity index (χ2n) is 3.26. The van der Waals surface area contributed by atoms with Gasteiger partial charge in [0.05, 0.1) is 19.3 Å². The van der Waals surface area contributed by atoms with E-state index in [2.05, 4.69) is 4.84 Å². The Bertz CT molecular complexity index is 396. The monoisotopic (exact) mass is 269 g/mol. The molecule has 1 aromatic carbocycles. The number of rotatable bonds is 4. The van der Waals surface area contributed by atoms with Crippen LogP contribution >= 0.6 is 11.6 Å². The van der Waals surface area contributed by atoms with Gasteiger partial charge in [-0.2, -0.15) is 13.2 Å². The van der Waals surface area contributed by atoms with Gasteiger partial charge in [-0.15, -0.1) is 0 Å². The van der Waals surface area contributed by atoms with Crippen LogP contribution in [0.15, 0.2) is 12.1 Å². The van der Waals surface area contributed by atoms with Crippen LogP contribution in [0.4, 0.5) is 13.2 Å². The Kier molecular flexibility index (Phi) is 4.62. The first-order chi connectivity index (χ1) is 7.90. The zero-order valence-electron chi connectivity index (χ0n) is 8.97. The van der Waals surface area contributed by atoms with Gasteiger partial charge in [-0.1, -0.05) is 11.6 Å². The molecule has 0 saturated carbocycles. The molecule has 2 N–H and O–H groups in total. The summed E-state index contributed by atoms with van der Waals surface area (Å²) in [5.41, 5.74) is -0.600. The van der Waals surface area contributed by atoms with E-state index >= 15 is 0 Å². The first-order valence-corrected chi connectivity index (χ1v) is 5.03. The highest BCUT2D eigenvalue weighted by Crippen LogP contribution is 2.40. The van der Waals surface area contributed by atoms with E-state index in [0.29, 0.717) is 5.56 Å². The topological polar surface area (TPSA) is 44.5 Å². The number of hydrogen-bond donors (Lipinski definition) is 1. The molecule has 1 rings (SSSR count). The van der Waals surface area contributed by atoms with E-state index in [1.165, 1.54) is 13.2 Å². The normalized spacial score (nSPS) is 11.6. The third-order valence-corrected chi connectivity index (χ3v) is 2.35. The summed E-state index contributed by atoms with van der Waals surface area (Å²) >= 11 is 5.64. The smallest absolute Gasteiger partial charge is 0.420 e. The van der Waals surface area contributed by atoms with Crippen LogP contribution in [0.5, 0.6) is 5.75 Å². The van der Waals surface area contributed by atoms with Crippen LogP contribution in [0.2, 0.25) is 5.02 Å². The molecule has 0 bridgehead atoms. The lowest BCUT2D eigenvalue weighted by molar-refractivity contribution is -0.138. The average Bonchev–Trinajstić information content (AvgIpc) is 2.24. The molecule has 0 aliphatic heterocycles. The van der Waals surface area contributed by atoms with Crippen molar-refractivity contribution in [3.63, 3.8) is 0 Å². The van der Waals surface area contributed by atoms with Crippen molar-refractivity contribution in [2.24, 2.45) is 5.90 Å². The van der Waals surface area contributed by atoms with Crippen LogP contribution in [0, 0.1) is 0 Å². The van der Waals surface area contributed by atoms with Crippen molar-refractivity contribution in [2.75, 3.05) is 13.7 Å². The Labute approximate surface area is 101 Å². The standard InChI is InChI=1S/C10H11ClF3NO2/c1-16-9-6(2-3-17-15)4-7(11)5-8(9)10(12,13)14/h4-5H,2-3,15H2,1H3. The van der Waals surface area contributed by atoms with Gasteiger partial charge in [-0.25, -0.2) is 5.90 Å². The molecule has 0 fully saturated rings. The predicted octanol–water partition coefficient (Wildman–Crippen LogP) is 2.80. The number of ether oxygens (including phenoxy) is 1. The Morgan fingerprint density at radius 2 is 2.00 bits per heavy atom. The minimum Gasteiger partial charge on any atom is -0.496 e. The van der Waals surface area contributed by atoms with Crippen molar-refractivity contribution in [2.45, 2.75) is 12.6 Å². The summed E-state index contributed by atoms with van der Waals surface area (Å²) < 4.78 is 42.9. The summed E-state index contributed by atoms with van der Waals surface area (Å²) in [6.07, 6.45) is -4.34. The van der Waals surface area contributed by atoms with Crippen LogP contribution in [0.25, 0.3) is 0 Å². The highest BCUT2D eigenvalue weighted by atomic mass is 35.5. The molecule has 0 atom stereocenters. The quantitative estimate of drug-likeness (QED) is 0.855. The largest absolute Gasteiger partial charge is 0.496 e. The molecular formula is C10H11ClF3NO2. The molecule has 96 valence electrons. The minimum absolute atomic E-state index is 0.00912.